The maximum atomic E-state index is 12.2. The van der Waals surface area contributed by atoms with Crippen LogP contribution < -0.4 is 14.8 Å². The Morgan fingerprint density at radius 3 is 2.18 bits per heavy atom. The van der Waals surface area contributed by atoms with Crippen molar-refractivity contribution in [2.24, 2.45) is 0 Å². The smallest absolute Gasteiger partial charge is 0.339 e. The number of ether oxygens (including phenoxy) is 3. The summed E-state index contributed by atoms with van der Waals surface area (Å²) in [5.41, 5.74) is 1.06. The molecule has 6 nitrogen and oxygen atoms in total. The fourth-order valence-electron chi connectivity index (χ4n) is 1.88. The lowest BCUT2D eigenvalue weighted by molar-refractivity contribution is -0.129. The molecule has 0 aromatic heterocycles. The van der Waals surface area contributed by atoms with Crippen LogP contribution in [-0.4, -0.2) is 38.7 Å². The van der Waals surface area contributed by atoms with Crippen molar-refractivity contribution < 1.29 is 23.8 Å². The number of esters is 1. The van der Waals surface area contributed by atoms with E-state index in [0.29, 0.717) is 18.0 Å². The summed E-state index contributed by atoms with van der Waals surface area (Å²) in [5.74, 6) is 0.126. The highest BCUT2D eigenvalue weighted by atomic mass is 16.5. The van der Waals surface area contributed by atoms with Crippen molar-refractivity contribution in [1.29, 1.82) is 0 Å². The van der Waals surface area contributed by atoms with Gasteiger partial charge >= 0.3 is 5.97 Å². The molecule has 1 rings (SSSR count). The predicted octanol–water partition coefficient (Wildman–Crippen LogP) is 2.08. The van der Waals surface area contributed by atoms with Crippen molar-refractivity contribution >= 4 is 11.9 Å². The second-order valence-corrected chi connectivity index (χ2v) is 4.84. The molecule has 0 saturated carbocycles. The van der Waals surface area contributed by atoms with E-state index in [1.54, 1.807) is 12.1 Å². The molecule has 0 heterocycles. The first-order valence-electron chi connectivity index (χ1n) is 7.15. The van der Waals surface area contributed by atoms with Crippen LogP contribution in [0.3, 0.4) is 0 Å². The van der Waals surface area contributed by atoms with Gasteiger partial charge in [-0.25, -0.2) is 4.79 Å². The average molecular weight is 309 g/mol. The first-order chi connectivity index (χ1) is 10.4. The van der Waals surface area contributed by atoms with Gasteiger partial charge in [-0.3, -0.25) is 4.79 Å². The van der Waals surface area contributed by atoms with E-state index in [1.807, 2.05) is 13.8 Å². The first kappa shape index (κ1) is 17.8. The molecule has 6 heteroatoms. The molecule has 1 N–H and O–H groups in total. The molecule has 0 radical (unpaired) electrons. The van der Waals surface area contributed by atoms with Crippen LogP contribution in [0.5, 0.6) is 11.5 Å². The van der Waals surface area contributed by atoms with Crippen molar-refractivity contribution in [3.63, 3.8) is 0 Å². The van der Waals surface area contributed by atoms with Gasteiger partial charge in [0.2, 0.25) is 0 Å². The molecule has 22 heavy (non-hydrogen) atoms. The summed E-state index contributed by atoms with van der Waals surface area (Å²) in [6.45, 7) is 5.86. The molecule has 1 amide bonds. The Morgan fingerprint density at radius 2 is 1.73 bits per heavy atom. The number of rotatable bonds is 7. The van der Waals surface area contributed by atoms with E-state index >= 15 is 0 Å². The zero-order valence-electron chi connectivity index (χ0n) is 13.7. The fraction of sp³-hybridized carbons (Fsp3) is 0.500. The van der Waals surface area contributed by atoms with Gasteiger partial charge in [-0.15, -0.1) is 0 Å². The molecule has 0 fully saturated rings. The van der Waals surface area contributed by atoms with Crippen LogP contribution in [0, 0.1) is 6.92 Å². The standard InChI is InChI=1S/C16H23NO5/c1-6-7-17-15(18)11(3)22-16(19)12-8-13(20-4)10(2)14(9-12)21-5/h8-9,11H,6-7H2,1-5H3,(H,17,18). The molecule has 0 bridgehead atoms. The second kappa shape index (κ2) is 8.26. The van der Waals surface area contributed by atoms with Gasteiger partial charge in [-0.1, -0.05) is 6.92 Å². The van der Waals surface area contributed by atoms with E-state index in [2.05, 4.69) is 5.32 Å². The van der Waals surface area contributed by atoms with Crippen molar-refractivity contribution in [3.05, 3.63) is 23.3 Å². The number of nitrogens with one attached hydrogen (secondary N) is 1. The molecule has 0 aliphatic carbocycles. The SMILES string of the molecule is CCCNC(=O)C(C)OC(=O)c1cc(OC)c(C)c(OC)c1. The molecular formula is C16H23NO5. The van der Waals surface area contributed by atoms with E-state index in [9.17, 15) is 9.59 Å². The minimum absolute atomic E-state index is 0.273. The summed E-state index contributed by atoms with van der Waals surface area (Å²) in [6, 6.07) is 3.13. The van der Waals surface area contributed by atoms with E-state index in [0.717, 1.165) is 12.0 Å². The van der Waals surface area contributed by atoms with E-state index in [4.69, 9.17) is 14.2 Å². The molecule has 122 valence electrons. The van der Waals surface area contributed by atoms with E-state index in [1.165, 1.54) is 21.1 Å². The van der Waals surface area contributed by atoms with Crippen LogP contribution in [0.25, 0.3) is 0 Å². The normalized spacial score (nSPS) is 11.5. The van der Waals surface area contributed by atoms with Crippen molar-refractivity contribution in [2.75, 3.05) is 20.8 Å². The number of amides is 1. The van der Waals surface area contributed by atoms with Gasteiger partial charge in [0.05, 0.1) is 19.8 Å². The first-order valence-corrected chi connectivity index (χ1v) is 7.15. The highest BCUT2D eigenvalue weighted by Crippen LogP contribution is 2.29. The Hall–Kier alpha value is -2.24. The minimum Gasteiger partial charge on any atom is -0.496 e. The number of benzene rings is 1. The highest BCUT2D eigenvalue weighted by Gasteiger charge is 2.20. The van der Waals surface area contributed by atoms with Crippen LogP contribution in [0.4, 0.5) is 0 Å². The monoisotopic (exact) mass is 309 g/mol. The fourth-order valence-corrected chi connectivity index (χ4v) is 1.88. The molecule has 0 aliphatic rings. The van der Waals surface area contributed by atoms with Crippen LogP contribution in [0.2, 0.25) is 0 Å². The van der Waals surface area contributed by atoms with Gasteiger partial charge in [-0.05, 0) is 32.4 Å². The third-order valence-corrected chi connectivity index (χ3v) is 3.19. The molecule has 0 aliphatic heterocycles. The van der Waals surface area contributed by atoms with Gasteiger partial charge in [0.1, 0.15) is 11.5 Å². The molecule has 1 aromatic rings. The number of hydrogen-bond donors (Lipinski definition) is 1. The van der Waals surface area contributed by atoms with Crippen LogP contribution in [0.1, 0.15) is 36.2 Å². The van der Waals surface area contributed by atoms with E-state index < -0.39 is 12.1 Å². The number of carbonyl (C=O) groups excluding carboxylic acids is 2. The number of carbonyl (C=O) groups is 2. The third-order valence-electron chi connectivity index (χ3n) is 3.19. The van der Waals surface area contributed by atoms with E-state index in [-0.39, 0.29) is 11.5 Å². The summed E-state index contributed by atoms with van der Waals surface area (Å²) in [7, 11) is 3.02. The quantitative estimate of drug-likeness (QED) is 0.781. The van der Waals surface area contributed by atoms with Gasteiger partial charge in [0.15, 0.2) is 6.10 Å². The Morgan fingerprint density at radius 1 is 1.18 bits per heavy atom. The summed E-state index contributed by atoms with van der Waals surface area (Å²) in [6.07, 6.45) is -0.0454. The highest BCUT2D eigenvalue weighted by molar-refractivity contribution is 5.93. The Balaban J connectivity index is 2.87. The molecule has 1 unspecified atom stereocenters. The van der Waals surface area contributed by atoms with Gasteiger partial charge < -0.3 is 19.5 Å². The molecule has 1 atom stereocenters. The van der Waals surface area contributed by atoms with Crippen LogP contribution in [-0.2, 0) is 9.53 Å². The lowest BCUT2D eigenvalue weighted by Gasteiger charge is -2.15. The lowest BCUT2D eigenvalue weighted by atomic mass is 10.1. The molecule has 1 aromatic carbocycles. The average Bonchev–Trinajstić information content (AvgIpc) is 2.52. The predicted molar refractivity (Wildman–Crippen MR) is 82.5 cm³/mol. The second-order valence-electron chi connectivity index (χ2n) is 4.84. The summed E-state index contributed by atoms with van der Waals surface area (Å²) in [5, 5.41) is 2.68. The summed E-state index contributed by atoms with van der Waals surface area (Å²) >= 11 is 0. The van der Waals surface area contributed by atoms with Crippen LogP contribution >= 0.6 is 0 Å². The topological polar surface area (TPSA) is 73.9 Å². The van der Waals surface area contributed by atoms with Crippen molar-refractivity contribution in [3.8, 4) is 11.5 Å². The van der Waals surface area contributed by atoms with Crippen molar-refractivity contribution in [2.45, 2.75) is 33.3 Å². The minimum atomic E-state index is -0.864. The van der Waals surface area contributed by atoms with Gasteiger partial charge in [0.25, 0.3) is 5.91 Å². The lowest BCUT2D eigenvalue weighted by Crippen LogP contribution is -2.36. The number of hydrogen-bond acceptors (Lipinski definition) is 5. The number of methoxy groups -OCH3 is 2. The Labute approximate surface area is 130 Å². The Bertz CT molecular complexity index is 516. The van der Waals surface area contributed by atoms with Gasteiger partial charge in [0, 0.05) is 12.1 Å². The largest absolute Gasteiger partial charge is 0.496 e. The maximum Gasteiger partial charge on any atom is 0.339 e. The zero-order chi connectivity index (χ0) is 16.7. The summed E-state index contributed by atoms with van der Waals surface area (Å²) in [4.78, 5) is 23.9. The molecule has 0 saturated heterocycles. The third kappa shape index (κ3) is 4.38. The van der Waals surface area contributed by atoms with Crippen molar-refractivity contribution in [1.82, 2.24) is 5.32 Å². The van der Waals surface area contributed by atoms with Gasteiger partial charge in [-0.2, -0.15) is 0 Å². The van der Waals surface area contributed by atoms with Crippen LogP contribution in [0.15, 0.2) is 12.1 Å². The molecular weight excluding hydrogens is 286 g/mol. The zero-order valence-corrected chi connectivity index (χ0v) is 13.7. The molecule has 0 spiro atoms. The summed E-state index contributed by atoms with van der Waals surface area (Å²) < 4.78 is 15.6. The maximum absolute atomic E-state index is 12.2. The Kier molecular flexibility index (Phi) is 6.69.